The highest BCUT2D eigenvalue weighted by molar-refractivity contribution is 5.96. The lowest BCUT2D eigenvalue weighted by atomic mass is 10.1. The number of aliphatic hydroxyl groups excluding tert-OH is 1. The summed E-state index contributed by atoms with van der Waals surface area (Å²) in [5, 5.41) is 18.5. The van der Waals surface area contributed by atoms with Crippen LogP contribution in [0.25, 0.3) is 0 Å². The Labute approximate surface area is 141 Å². The van der Waals surface area contributed by atoms with E-state index in [0.717, 1.165) is 0 Å². The smallest absolute Gasteiger partial charge is 0.257 e. The fourth-order valence-electron chi connectivity index (χ4n) is 2.19. The van der Waals surface area contributed by atoms with Crippen LogP contribution in [0.4, 0.5) is 0 Å². The van der Waals surface area contributed by atoms with Gasteiger partial charge in [-0.05, 0) is 37.6 Å². The molecule has 0 saturated heterocycles. The van der Waals surface area contributed by atoms with Crippen molar-refractivity contribution >= 4 is 5.91 Å². The number of rotatable bonds is 6. The number of amides is 1. The Bertz CT molecular complexity index is 750. The Hall–Kier alpha value is -2.84. The first-order valence-electron chi connectivity index (χ1n) is 7.72. The van der Waals surface area contributed by atoms with E-state index in [2.05, 4.69) is 6.07 Å². The number of hydrogen-bond donors (Lipinski definition) is 1. The molecule has 0 bridgehead atoms. The van der Waals surface area contributed by atoms with E-state index in [-0.39, 0.29) is 5.91 Å². The Morgan fingerprint density at radius 1 is 1.21 bits per heavy atom. The molecule has 2 aromatic rings. The Morgan fingerprint density at radius 2 is 1.83 bits per heavy atom. The summed E-state index contributed by atoms with van der Waals surface area (Å²) in [7, 11) is 1.69. The average Bonchev–Trinajstić information content (AvgIpc) is 2.60. The molecule has 0 saturated carbocycles. The van der Waals surface area contributed by atoms with Crippen LogP contribution >= 0.6 is 0 Å². The minimum Gasteiger partial charge on any atom is -0.455 e. The molecule has 5 heteroatoms. The number of nitriles is 1. The summed E-state index contributed by atoms with van der Waals surface area (Å²) in [6, 6.07) is 15.9. The van der Waals surface area contributed by atoms with Gasteiger partial charge in [0.25, 0.3) is 5.91 Å². The van der Waals surface area contributed by atoms with Gasteiger partial charge in [-0.15, -0.1) is 0 Å². The lowest BCUT2D eigenvalue weighted by Gasteiger charge is -2.20. The minimum absolute atomic E-state index is 0.194. The quantitative estimate of drug-likeness (QED) is 0.885. The molecule has 0 aliphatic carbocycles. The van der Waals surface area contributed by atoms with Crippen molar-refractivity contribution in [1.29, 1.82) is 5.26 Å². The molecule has 5 nitrogen and oxygen atoms in total. The van der Waals surface area contributed by atoms with Crippen molar-refractivity contribution < 1.29 is 14.6 Å². The summed E-state index contributed by atoms with van der Waals surface area (Å²) in [5.74, 6) is 0.613. The fourth-order valence-corrected chi connectivity index (χ4v) is 2.19. The van der Waals surface area contributed by atoms with Crippen molar-refractivity contribution in [3.63, 3.8) is 0 Å². The van der Waals surface area contributed by atoms with Crippen LogP contribution in [-0.4, -0.2) is 35.6 Å². The van der Waals surface area contributed by atoms with Crippen molar-refractivity contribution in [3.05, 3.63) is 59.7 Å². The zero-order valence-corrected chi connectivity index (χ0v) is 13.8. The first kappa shape index (κ1) is 17.5. The van der Waals surface area contributed by atoms with E-state index in [9.17, 15) is 9.90 Å². The molecule has 0 aromatic heterocycles. The maximum absolute atomic E-state index is 12.6. The number of carbonyl (C=O) groups excluding carboxylic acids is 1. The standard InChI is InChI=1S/C19H20N2O3/c1-14(22)11-12-21(2)19(23)16-8-4-6-10-18(16)24-17-9-5-3-7-15(17)13-20/h3-10,14,22H,11-12H2,1-2H3/t14-/m0/s1. The summed E-state index contributed by atoms with van der Waals surface area (Å²) < 4.78 is 5.81. The number of carbonyl (C=O) groups is 1. The Morgan fingerprint density at radius 3 is 2.50 bits per heavy atom. The highest BCUT2D eigenvalue weighted by Gasteiger charge is 2.18. The normalized spacial score (nSPS) is 11.4. The van der Waals surface area contributed by atoms with E-state index < -0.39 is 6.10 Å². The fraction of sp³-hybridized carbons (Fsp3) is 0.263. The molecule has 0 unspecified atom stereocenters. The van der Waals surface area contributed by atoms with E-state index in [0.29, 0.717) is 35.6 Å². The summed E-state index contributed by atoms with van der Waals surface area (Å²) in [5.41, 5.74) is 0.820. The van der Waals surface area contributed by atoms with E-state index in [1.54, 1.807) is 67.4 Å². The van der Waals surface area contributed by atoms with Gasteiger partial charge in [-0.25, -0.2) is 0 Å². The van der Waals surface area contributed by atoms with Crippen molar-refractivity contribution in [1.82, 2.24) is 4.90 Å². The summed E-state index contributed by atoms with van der Waals surface area (Å²) >= 11 is 0. The third-order valence-electron chi connectivity index (χ3n) is 3.57. The van der Waals surface area contributed by atoms with Gasteiger partial charge < -0.3 is 14.7 Å². The molecule has 0 heterocycles. The van der Waals surface area contributed by atoms with Crippen LogP contribution in [0.15, 0.2) is 48.5 Å². The largest absolute Gasteiger partial charge is 0.455 e. The van der Waals surface area contributed by atoms with Gasteiger partial charge in [0, 0.05) is 13.6 Å². The zero-order valence-electron chi connectivity index (χ0n) is 13.8. The van der Waals surface area contributed by atoms with Crippen LogP contribution in [0.2, 0.25) is 0 Å². The van der Waals surface area contributed by atoms with Gasteiger partial charge in [-0.3, -0.25) is 4.79 Å². The maximum Gasteiger partial charge on any atom is 0.257 e. The maximum atomic E-state index is 12.6. The topological polar surface area (TPSA) is 73.6 Å². The molecule has 1 amide bonds. The Kier molecular flexibility index (Phi) is 5.94. The monoisotopic (exact) mass is 324 g/mol. The summed E-state index contributed by atoms with van der Waals surface area (Å²) in [6.45, 7) is 2.13. The lowest BCUT2D eigenvalue weighted by Crippen LogP contribution is -2.29. The minimum atomic E-state index is -0.464. The molecule has 0 aliphatic heterocycles. The number of nitrogens with zero attached hydrogens (tertiary/aromatic N) is 2. The van der Waals surface area contributed by atoms with Gasteiger partial charge in [0.05, 0.1) is 17.2 Å². The number of aliphatic hydroxyl groups is 1. The molecule has 2 rings (SSSR count). The van der Waals surface area contributed by atoms with Gasteiger partial charge in [0.1, 0.15) is 17.6 Å². The van der Waals surface area contributed by atoms with Gasteiger partial charge >= 0.3 is 0 Å². The predicted molar refractivity (Wildman–Crippen MR) is 90.9 cm³/mol. The van der Waals surface area contributed by atoms with Crippen LogP contribution in [0.3, 0.4) is 0 Å². The number of ether oxygens (including phenoxy) is 1. The second kappa shape index (κ2) is 8.14. The Balaban J connectivity index is 2.24. The molecular weight excluding hydrogens is 304 g/mol. The number of hydrogen-bond acceptors (Lipinski definition) is 4. The SMILES string of the molecule is C[C@H](O)CCN(C)C(=O)c1ccccc1Oc1ccccc1C#N. The predicted octanol–water partition coefficient (Wildman–Crippen LogP) is 3.19. The van der Waals surface area contributed by atoms with Crippen molar-refractivity contribution in [2.75, 3.05) is 13.6 Å². The second-order valence-corrected chi connectivity index (χ2v) is 5.57. The van der Waals surface area contributed by atoms with Crippen molar-refractivity contribution in [2.45, 2.75) is 19.4 Å². The van der Waals surface area contributed by atoms with Crippen LogP contribution in [0, 0.1) is 11.3 Å². The molecule has 0 fully saturated rings. The van der Waals surface area contributed by atoms with E-state index in [4.69, 9.17) is 10.00 Å². The van der Waals surface area contributed by atoms with E-state index in [1.165, 1.54) is 0 Å². The lowest BCUT2D eigenvalue weighted by molar-refractivity contribution is 0.0766. The molecule has 1 N–H and O–H groups in total. The molecule has 124 valence electrons. The first-order valence-corrected chi connectivity index (χ1v) is 7.72. The van der Waals surface area contributed by atoms with Crippen LogP contribution in [0.1, 0.15) is 29.3 Å². The van der Waals surface area contributed by atoms with Crippen molar-refractivity contribution in [2.24, 2.45) is 0 Å². The number of para-hydroxylation sites is 2. The highest BCUT2D eigenvalue weighted by Crippen LogP contribution is 2.28. The summed E-state index contributed by atoms with van der Waals surface area (Å²) in [4.78, 5) is 14.2. The highest BCUT2D eigenvalue weighted by atomic mass is 16.5. The molecule has 2 aromatic carbocycles. The van der Waals surface area contributed by atoms with Gasteiger partial charge in [0.15, 0.2) is 0 Å². The van der Waals surface area contributed by atoms with E-state index in [1.807, 2.05) is 0 Å². The molecular formula is C19H20N2O3. The molecule has 0 radical (unpaired) electrons. The summed E-state index contributed by atoms with van der Waals surface area (Å²) in [6.07, 6.45) is 0.0389. The van der Waals surface area contributed by atoms with Gasteiger partial charge in [0.2, 0.25) is 0 Å². The molecule has 0 aliphatic rings. The van der Waals surface area contributed by atoms with Crippen molar-refractivity contribution in [3.8, 4) is 17.6 Å². The molecule has 1 atom stereocenters. The number of benzene rings is 2. The van der Waals surface area contributed by atoms with Crippen LogP contribution in [-0.2, 0) is 0 Å². The third-order valence-corrected chi connectivity index (χ3v) is 3.57. The van der Waals surface area contributed by atoms with Crippen LogP contribution in [0.5, 0.6) is 11.5 Å². The van der Waals surface area contributed by atoms with Gasteiger partial charge in [-0.1, -0.05) is 24.3 Å². The van der Waals surface area contributed by atoms with Crippen LogP contribution < -0.4 is 4.74 Å². The molecule has 24 heavy (non-hydrogen) atoms. The molecule has 0 spiro atoms. The first-order chi connectivity index (χ1) is 11.5. The van der Waals surface area contributed by atoms with Gasteiger partial charge in [-0.2, -0.15) is 5.26 Å². The van der Waals surface area contributed by atoms with E-state index >= 15 is 0 Å². The third kappa shape index (κ3) is 4.34. The average molecular weight is 324 g/mol. The zero-order chi connectivity index (χ0) is 17.5. The second-order valence-electron chi connectivity index (χ2n) is 5.57.